The van der Waals surface area contributed by atoms with Gasteiger partial charge in [-0.3, -0.25) is 0 Å². The van der Waals surface area contributed by atoms with Gasteiger partial charge in [-0.25, -0.2) is 13.6 Å². The van der Waals surface area contributed by atoms with Crippen molar-refractivity contribution in [2.75, 3.05) is 0 Å². The third-order valence-electron chi connectivity index (χ3n) is 3.46. The number of hydrogen-bond acceptors (Lipinski definition) is 2. The largest absolute Gasteiger partial charge is 0.479 e. The topological polar surface area (TPSA) is 57.5 Å². The first-order chi connectivity index (χ1) is 8.74. The zero-order chi connectivity index (χ0) is 14.8. The number of carboxylic acids is 1. The van der Waals surface area contributed by atoms with Crippen LogP contribution in [-0.2, 0) is 4.79 Å². The van der Waals surface area contributed by atoms with Gasteiger partial charge in [-0.05, 0) is 36.6 Å². The zero-order valence-electron chi connectivity index (χ0n) is 11.2. The molecule has 0 saturated carbocycles. The number of benzene rings is 1. The Bertz CT molecular complexity index is 488. The quantitative estimate of drug-likeness (QED) is 0.866. The summed E-state index contributed by atoms with van der Waals surface area (Å²) in [4.78, 5) is 11.2. The first-order valence-electron chi connectivity index (χ1n) is 6.15. The average molecular weight is 272 g/mol. The Morgan fingerprint density at radius 1 is 1.37 bits per heavy atom. The van der Waals surface area contributed by atoms with Crippen molar-refractivity contribution < 1.29 is 23.8 Å². The van der Waals surface area contributed by atoms with E-state index in [4.69, 9.17) is 5.11 Å². The fourth-order valence-corrected chi connectivity index (χ4v) is 2.14. The summed E-state index contributed by atoms with van der Waals surface area (Å²) in [5.74, 6) is -3.79. The Hall–Kier alpha value is -1.49. The van der Waals surface area contributed by atoms with Crippen molar-refractivity contribution in [3.05, 3.63) is 34.9 Å². The third-order valence-corrected chi connectivity index (χ3v) is 3.46. The number of carboxylic acid groups (broad SMARTS) is 1. The molecule has 0 aliphatic rings. The van der Waals surface area contributed by atoms with E-state index >= 15 is 0 Å². The number of halogens is 2. The Morgan fingerprint density at radius 2 is 1.95 bits per heavy atom. The molecule has 2 atom stereocenters. The van der Waals surface area contributed by atoms with Gasteiger partial charge in [-0.15, -0.1) is 0 Å². The Kier molecular flexibility index (Phi) is 4.63. The van der Waals surface area contributed by atoms with Gasteiger partial charge in [0.2, 0.25) is 0 Å². The van der Waals surface area contributed by atoms with Crippen molar-refractivity contribution in [2.45, 2.75) is 45.1 Å². The number of rotatable bonds is 5. The third kappa shape index (κ3) is 2.92. The highest BCUT2D eigenvalue weighted by atomic mass is 19.1. The zero-order valence-corrected chi connectivity index (χ0v) is 11.2. The van der Waals surface area contributed by atoms with Crippen molar-refractivity contribution in [1.29, 1.82) is 0 Å². The van der Waals surface area contributed by atoms with Crippen LogP contribution in [0.25, 0.3) is 0 Å². The van der Waals surface area contributed by atoms with E-state index in [0.717, 1.165) is 12.1 Å². The molecule has 0 heterocycles. The predicted molar refractivity (Wildman–Crippen MR) is 67.0 cm³/mol. The molecule has 0 aromatic heterocycles. The molecular weight excluding hydrogens is 254 g/mol. The second-order valence-corrected chi connectivity index (χ2v) is 4.82. The minimum Gasteiger partial charge on any atom is -0.479 e. The maximum Gasteiger partial charge on any atom is 0.336 e. The van der Waals surface area contributed by atoms with Crippen LogP contribution >= 0.6 is 0 Å². The molecule has 3 nitrogen and oxygen atoms in total. The summed E-state index contributed by atoms with van der Waals surface area (Å²) in [6, 6.07) is 1.97. The molecule has 19 heavy (non-hydrogen) atoms. The van der Waals surface area contributed by atoms with Gasteiger partial charge in [0.1, 0.15) is 11.6 Å². The summed E-state index contributed by atoms with van der Waals surface area (Å²) in [7, 11) is 0. The Morgan fingerprint density at radius 3 is 2.42 bits per heavy atom. The smallest absolute Gasteiger partial charge is 0.336 e. The molecule has 106 valence electrons. The molecule has 2 unspecified atom stereocenters. The lowest BCUT2D eigenvalue weighted by molar-refractivity contribution is -0.161. The highest BCUT2D eigenvalue weighted by Gasteiger charge is 2.42. The molecule has 0 bridgehead atoms. The molecule has 1 aromatic rings. The summed E-state index contributed by atoms with van der Waals surface area (Å²) in [5.41, 5.74) is -2.08. The number of aliphatic hydroxyl groups is 1. The maximum absolute atomic E-state index is 13.8. The van der Waals surface area contributed by atoms with E-state index in [2.05, 4.69) is 0 Å². The summed E-state index contributed by atoms with van der Waals surface area (Å²) >= 11 is 0. The average Bonchev–Trinajstić information content (AvgIpc) is 2.32. The number of aryl methyl sites for hydroxylation is 1. The van der Waals surface area contributed by atoms with Gasteiger partial charge in [-0.1, -0.05) is 20.3 Å². The number of hydrogen-bond donors (Lipinski definition) is 2. The number of carbonyl (C=O) groups is 1. The van der Waals surface area contributed by atoms with Gasteiger partial charge >= 0.3 is 5.97 Å². The Labute approximate surface area is 110 Å². The van der Waals surface area contributed by atoms with E-state index in [9.17, 15) is 18.7 Å². The van der Waals surface area contributed by atoms with Gasteiger partial charge in [0, 0.05) is 5.92 Å². The minimum atomic E-state index is -2.10. The van der Waals surface area contributed by atoms with Crippen molar-refractivity contribution in [3.63, 3.8) is 0 Å². The number of aliphatic carboxylic acids is 1. The molecule has 1 rings (SSSR count). The van der Waals surface area contributed by atoms with Crippen LogP contribution in [0.4, 0.5) is 8.78 Å². The normalized spacial score (nSPS) is 15.9. The highest BCUT2D eigenvalue weighted by Crippen LogP contribution is 2.34. The molecule has 0 saturated heterocycles. The highest BCUT2D eigenvalue weighted by molar-refractivity contribution is 5.78. The summed E-state index contributed by atoms with van der Waals surface area (Å²) < 4.78 is 27.3. The van der Waals surface area contributed by atoms with Crippen molar-refractivity contribution in [2.24, 2.45) is 0 Å². The second kappa shape index (κ2) is 5.65. The van der Waals surface area contributed by atoms with Crippen molar-refractivity contribution >= 4 is 5.97 Å². The molecule has 2 N–H and O–H groups in total. The SMILES string of the molecule is CCCC(O)(C(=O)O)C(C)c1cc(F)c(C)cc1F. The fraction of sp³-hybridized carbons (Fsp3) is 0.500. The van der Waals surface area contributed by atoms with Gasteiger partial charge in [0.15, 0.2) is 5.60 Å². The summed E-state index contributed by atoms with van der Waals surface area (Å²) in [5, 5.41) is 19.4. The lowest BCUT2D eigenvalue weighted by Gasteiger charge is -2.30. The molecule has 0 radical (unpaired) electrons. The molecule has 1 aromatic carbocycles. The lowest BCUT2D eigenvalue weighted by atomic mass is 9.80. The van der Waals surface area contributed by atoms with E-state index in [1.54, 1.807) is 6.92 Å². The summed E-state index contributed by atoms with van der Waals surface area (Å²) in [6.07, 6.45) is 0.390. The Balaban J connectivity index is 3.28. The van der Waals surface area contributed by atoms with E-state index in [1.807, 2.05) is 0 Å². The van der Waals surface area contributed by atoms with Crippen LogP contribution in [0.3, 0.4) is 0 Å². The van der Waals surface area contributed by atoms with Crippen LogP contribution in [0.1, 0.15) is 43.7 Å². The van der Waals surface area contributed by atoms with Crippen LogP contribution in [0.2, 0.25) is 0 Å². The molecule has 0 spiro atoms. The fourth-order valence-electron chi connectivity index (χ4n) is 2.14. The van der Waals surface area contributed by atoms with E-state index in [0.29, 0.717) is 6.42 Å². The van der Waals surface area contributed by atoms with Gasteiger partial charge in [0.25, 0.3) is 0 Å². The molecule has 0 aliphatic carbocycles. The van der Waals surface area contributed by atoms with Crippen LogP contribution in [0.5, 0.6) is 0 Å². The molecule has 5 heteroatoms. The van der Waals surface area contributed by atoms with E-state index < -0.39 is 29.1 Å². The van der Waals surface area contributed by atoms with E-state index in [-0.39, 0.29) is 17.5 Å². The maximum atomic E-state index is 13.8. The van der Waals surface area contributed by atoms with Crippen molar-refractivity contribution in [3.8, 4) is 0 Å². The van der Waals surface area contributed by atoms with Gasteiger partial charge in [-0.2, -0.15) is 0 Å². The van der Waals surface area contributed by atoms with Crippen LogP contribution < -0.4 is 0 Å². The molecule has 0 fully saturated rings. The van der Waals surface area contributed by atoms with Crippen LogP contribution in [0.15, 0.2) is 12.1 Å². The molecular formula is C14H18F2O3. The first kappa shape index (κ1) is 15.6. The monoisotopic (exact) mass is 272 g/mol. The second-order valence-electron chi connectivity index (χ2n) is 4.82. The standard InChI is InChI=1S/C14H18F2O3/c1-4-5-14(19,13(17)18)9(3)10-7-11(15)8(2)6-12(10)16/h6-7,9,19H,4-5H2,1-3H3,(H,17,18). The lowest BCUT2D eigenvalue weighted by Crippen LogP contribution is -2.43. The predicted octanol–water partition coefficient (Wildman–Crippen LogP) is 2.99. The van der Waals surface area contributed by atoms with E-state index in [1.165, 1.54) is 13.8 Å². The molecule has 0 aliphatic heterocycles. The van der Waals surface area contributed by atoms with Gasteiger partial charge in [0.05, 0.1) is 0 Å². The first-order valence-corrected chi connectivity index (χ1v) is 6.15. The van der Waals surface area contributed by atoms with Crippen molar-refractivity contribution in [1.82, 2.24) is 0 Å². The van der Waals surface area contributed by atoms with Crippen LogP contribution in [0, 0.1) is 18.6 Å². The molecule has 0 amide bonds. The van der Waals surface area contributed by atoms with Gasteiger partial charge < -0.3 is 10.2 Å². The van der Waals surface area contributed by atoms with Crippen LogP contribution in [-0.4, -0.2) is 21.8 Å². The summed E-state index contributed by atoms with van der Waals surface area (Å²) in [6.45, 7) is 4.52. The minimum absolute atomic E-state index is 0.0293.